The molecule has 1 aromatic carbocycles. The summed E-state index contributed by atoms with van der Waals surface area (Å²) in [5.74, 6) is 0.737. The highest BCUT2D eigenvalue weighted by Gasteiger charge is 2.47. The van der Waals surface area contributed by atoms with E-state index >= 15 is 0 Å². The first-order chi connectivity index (χ1) is 13.9. The maximum Gasteiger partial charge on any atom is 0.410 e. The summed E-state index contributed by atoms with van der Waals surface area (Å²) in [7, 11) is 0. The molecule has 0 radical (unpaired) electrons. The molecule has 0 unspecified atom stereocenters. The van der Waals surface area contributed by atoms with E-state index < -0.39 is 24.2 Å². The molecule has 156 valence electrons. The molecule has 2 aliphatic heterocycles. The number of nitrogens with zero attached hydrogens (tertiary/aromatic N) is 2. The minimum atomic E-state index is -4.51. The molecule has 2 atom stereocenters. The van der Waals surface area contributed by atoms with Gasteiger partial charge in [0.15, 0.2) is 23.2 Å². The maximum absolute atomic E-state index is 13.8. The number of fused-ring (bicyclic) bond motifs is 2. The Labute approximate surface area is 165 Å². The summed E-state index contributed by atoms with van der Waals surface area (Å²) in [5, 5.41) is 9.69. The number of carbonyl (C=O) groups is 1. The van der Waals surface area contributed by atoms with Gasteiger partial charge in [-0.25, -0.2) is 4.68 Å². The van der Waals surface area contributed by atoms with Gasteiger partial charge in [0.05, 0.1) is 6.04 Å². The van der Waals surface area contributed by atoms with E-state index in [0.29, 0.717) is 23.6 Å². The van der Waals surface area contributed by atoms with Gasteiger partial charge in [0, 0.05) is 19.0 Å². The van der Waals surface area contributed by atoms with Crippen molar-refractivity contribution in [3.8, 4) is 11.5 Å². The molecule has 0 saturated heterocycles. The lowest BCUT2D eigenvalue weighted by molar-refractivity contribution is -0.173. The Morgan fingerprint density at radius 2 is 2.10 bits per heavy atom. The molecule has 1 aromatic heterocycles. The van der Waals surface area contributed by atoms with Gasteiger partial charge in [-0.3, -0.25) is 4.79 Å². The number of benzene rings is 1. The zero-order valence-electron chi connectivity index (χ0n) is 15.8. The third-order valence-electron chi connectivity index (χ3n) is 5.04. The molecule has 0 spiro atoms. The number of hydrogen-bond donors (Lipinski definition) is 2. The number of rotatable bonds is 5. The van der Waals surface area contributed by atoms with Crippen LogP contribution in [0.3, 0.4) is 0 Å². The van der Waals surface area contributed by atoms with Crippen LogP contribution in [0.5, 0.6) is 11.5 Å². The molecule has 2 aliphatic rings. The van der Waals surface area contributed by atoms with Crippen LogP contribution in [-0.4, -0.2) is 35.2 Å². The van der Waals surface area contributed by atoms with Crippen LogP contribution in [0.25, 0.3) is 0 Å². The van der Waals surface area contributed by atoms with Crippen LogP contribution in [0.1, 0.15) is 54.3 Å². The molecule has 1 amide bonds. The smallest absolute Gasteiger partial charge is 0.410 e. The van der Waals surface area contributed by atoms with Crippen LogP contribution in [0, 0.1) is 0 Å². The lowest BCUT2D eigenvalue weighted by atomic mass is 9.96. The average Bonchev–Trinajstić information content (AvgIpc) is 3.32. The van der Waals surface area contributed by atoms with Crippen molar-refractivity contribution in [3.63, 3.8) is 0 Å². The zero-order chi connectivity index (χ0) is 20.6. The number of ether oxygens (including phenoxy) is 2. The molecular formula is C19H21F3N4O3. The van der Waals surface area contributed by atoms with Crippen molar-refractivity contribution in [2.45, 2.75) is 44.4 Å². The Kier molecular flexibility index (Phi) is 5.01. The van der Waals surface area contributed by atoms with Gasteiger partial charge in [0.25, 0.3) is 5.91 Å². The van der Waals surface area contributed by atoms with E-state index in [2.05, 4.69) is 15.7 Å². The Hall–Kier alpha value is -2.91. The Balaban J connectivity index is 1.62. The second kappa shape index (κ2) is 7.49. The monoisotopic (exact) mass is 410 g/mol. The average molecular weight is 410 g/mol. The topological polar surface area (TPSA) is 77.4 Å². The Morgan fingerprint density at radius 1 is 1.31 bits per heavy atom. The minimum Gasteiger partial charge on any atom is -0.454 e. The number of amides is 1. The van der Waals surface area contributed by atoms with Gasteiger partial charge in [0.1, 0.15) is 5.82 Å². The van der Waals surface area contributed by atoms with Gasteiger partial charge in [0.2, 0.25) is 6.79 Å². The predicted molar refractivity (Wildman–Crippen MR) is 98.1 cm³/mol. The van der Waals surface area contributed by atoms with Gasteiger partial charge in [-0.05, 0) is 24.1 Å². The fourth-order valence-electron chi connectivity index (χ4n) is 3.50. The number of unbranched alkanes of at least 4 members (excludes halogenated alkanes) is 1. The quantitative estimate of drug-likeness (QED) is 0.734. The third-order valence-corrected chi connectivity index (χ3v) is 5.04. The van der Waals surface area contributed by atoms with E-state index in [0.717, 1.165) is 17.5 Å². The van der Waals surface area contributed by atoms with E-state index in [9.17, 15) is 18.0 Å². The van der Waals surface area contributed by atoms with E-state index in [-0.39, 0.29) is 24.7 Å². The van der Waals surface area contributed by atoms with Crippen LogP contribution < -0.4 is 20.1 Å². The number of carbonyl (C=O) groups excluding carboxylic acids is 1. The molecule has 0 aliphatic carbocycles. The lowest BCUT2D eigenvalue weighted by Gasteiger charge is -2.33. The maximum atomic E-state index is 13.8. The van der Waals surface area contributed by atoms with Crippen molar-refractivity contribution in [1.82, 2.24) is 15.1 Å². The molecule has 2 aromatic rings. The molecule has 2 N–H and O–H groups in total. The SMILES string of the molecule is CCCCNC(=O)c1cc2n(n1)[C@H](C(F)(F)F)C[C@H](c1ccc3c(c1)OCO3)N2. The largest absolute Gasteiger partial charge is 0.454 e. The van der Waals surface area contributed by atoms with E-state index in [1.165, 1.54) is 6.07 Å². The number of hydrogen-bond acceptors (Lipinski definition) is 5. The fourth-order valence-corrected chi connectivity index (χ4v) is 3.50. The number of alkyl halides is 3. The summed E-state index contributed by atoms with van der Waals surface area (Å²) in [6.07, 6.45) is -3.08. The van der Waals surface area contributed by atoms with Crippen LogP contribution in [0.15, 0.2) is 24.3 Å². The van der Waals surface area contributed by atoms with Crippen molar-refractivity contribution in [2.75, 3.05) is 18.7 Å². The molecule has 0 fully saturated rings. The minimum absolute atomic E-state index is 0.0378. The van der Waals surface area contributed by atoms with E-state index in [4.69, 9.17) is 9.47 Å². The number of nitrogens with one attached hydrogen (secondary N) is 2. The Bertz CT molecular complexity index is 913. The van der Waals surface area contributed by atoms with Crippen molar-refractivity contribution in [2.24, 2.45) is 0 Å². The first-order valence-electron chi connectivity index (χ1n) is 9.47. The van der Waals surface area contributed by atoms with Gasteiger partial charge >= 0.3 is 6.18 Å². The van der Waals surface area contributed by atoms with Crippen LogP contribution >= 0.6 is 0 Å². The summed E-state index contributed by atoms with van der Waals surface area (Å²) in [6.45, 7) is 2.52. The number of aromatic nitrogens is 2. The van der Waals surface area contributed by atoms with Crippen molar-refractivity contribution in [1.29, 1.82) is 0 Å². The van der Waals surface area contributed by atoms with Crippen molar-refractivity contribution >= 4 is 11.7 Å². The summed E-state index contributed by atoms with van der Waals surface area (Å²) in [4.78, 5) is 12.2. The molecule has 7 nitrogen and oxygen atoms in total. The molecule has 0 saturated carbocycles. The highest BCUT2D eigenvalue weighted by Crippen LogP contribution is 2.45. The Morgan fingerprint density at radius 3 is 2.86 bits per heavy atom. The first kappa shape index (κ1) is 19.4. The standard InChI is InChI=1S/C19H21F3N4O3/c1-2-3-6-23-18(27)13-9-17-24-12(8-16(19(20,21)22)26(17)25-13)11-4-5-14-15(7-11)29-10-28-14/h4-5,7,9,12,16,24H,2-3,6,8,10H2,1H3,(H,23,27)/t12-,16+/m1/s1. The molecule has 0 bridgehead atoms. The fraction of sp³-hybridized carbons (Fsp3) is 0.474. The molecule has 10 heteroatoms. The molecule has 29 heavy (non-hydrogen) atoms. The van der Waals surface area contributed by atoms with Gasteiger partial charge in [-0.2, -0.15) is 18.3 Å². The van der Waals surface area contributed by atoms with Gasteiger partial charge in [-0.15, -0.1) is 0 Å². The van der Waals surface area contributed by atoms with Crippen molar-refractivity contribution < 1.29 is 27.4 Å². The highest BCUT2D eigenvalue weighted by molar-refractivity contribution is 5.93. The molecule has 3 heterocycles. The van der Waals surface area contributed by atoms with Gasteiger partial charge in [-0.1, -0.05) is 19.4 Å². The van der Waals surface area contributed by atoms with E-state index in [1.807, 2.05) is 6.92 Å². The van der Waals surface area contributed by atoms with Crippen LogP contribution in [0.4, 0.5) is 19.0 Å². The zero-order valence-corrected chi connectivity index (χ0v) is 15.8. The second-order valence-corrected chi connectivity index (χ2v) is 7.07. The normalized spacial score (nSPS) is 20.1. The molecule has 4 rings (SSSR count). The summed E-state index contributed by atoms with van der Waals surface area (Å²) < 4.78 is 52.7. The summed E-state index contributed by atoms with van der Waals surface area (Å²) in [5.41, 5.74) is 0.606. The van der Waals surface area contributed by atoms with Crippen LogP contribution in [-0.2, 0) is 0 Å². The lowest BCUT2D eigenvalue weighted by Crippen LogP contribution is -2.35. The number of anilines is 1. The summed E-state index contributed by atoms with van der Waals surface area (Å²) >= 11 is 0. The van der Waals surface area contributed by atoms with Gasteiger partial charge < -0.3 is 20.1 Å². The first-order valence-corrected chi connectivity index (χ1v) is 9.47. The number of halogens is 3. The predicted octanol–water partition coefficient (Wildman–Crippen LogP) is 3.80. The second-order valence-electron chi connectivity index (χ2n) is 7.07. The van der Waals surface area contributed by atoms with Crippen molar-refractivity contribution in [3.05, 3.63) is 35.5 Å². The molecular weight excluding hydrogens is 389 g/mol. The summed E-state index contributed by atoms with van der Waals surface area (Å²) in [6, 6.07) is 3.98. The highest BCUT2D eigenvalue weighted by atomic mass is 19.4. The third kappa shape index (κ3) is 3.83. The van der Waals surface area contributed by atoms with Crippen LogP contribution in [0.2, 0.25) is 0 Å². The van der Waals surface area contributed by atoms with E-state index in [1.54, 1.807) is 18.2 Å².